The standard InChI is InChI=1S/C69H127NO10/c1-3-5-7-9-11-13-36-41-45-49-53-57-65(74)78-58-54-50-46-42-38-35-33-31-29-27-25-23-21-19-17-15-14-16-18-20-22-24-26-28-30-32-34-37-40-44-48-52-56-64(73)70-61(62(72)55-51-47-43-39-12-10-8-6-4-2)60-79-69-68(77)67(76)66(75)63(59-71)80-69/h4,6,12,17,19,39,51,55,61-63,66-69,71-72,75-77H,3,5,7-11,13-16,18,20-38,40-50,52-54,56-60H2,1-2H3,(H,70,73)/b6-4+,19-17-,39-12+,55-51+. The molecule has 1 fully saturated rings. The molecule has 1 aliphatic heterocycles. The maximum Gasteiger partial charge on any atom is 0.305 e. The summed E-state index contributed by atoms with van der Waals surface area (Å²) in [7, 11) is 0. The first-order valence-electron chi connectivity index (χ1n) is 33.9. The minimum atomic E-state index is -1.58. The smallest absolute Gasteiger partial charge is 0.305 e. The van der Waals surface area contributed by atoms with Crippen LogP contribution in [0.15, 0.2) is 48.6 Å². The van der Waals surface area contributed by atoms with Crippen LogP contribution in [-0.4, -0.2) is 100 Å². The summed E-state index contributed by atoms with van der Waals surface area (Å²) in [5.74, 6) is -0.187. The Balaban J connectivity index is 1.92. The number of hydrogen-bond acceptors (Lipinski definition) is 10. The van der Waals surface area contributed by atoms with Gasteiger partial charge in [0, 0.05) is 12.8 Å². The lowest BCUT2D eigenvalue weighted by Gasteiger charge is -2.40. The molecule has 1 amide bonds. The number of allylic oxidation sites excluding steroid dienone is 7. The van der Waals surface area contributed by atoms with Crippen molar-refractivity contribution in [2.45, 2.75) is 358 Å². The first-order chi connectivity index (χ1) is 39.2. The van der Waals surface area contributed by atoms with Crippen LogP contribution in [0.3, 0.4) is 0 Å². The van der Waals surface area contributed by atoms with Crippen LogP contribution in [-0.2, 0) is 23.8 Å². The second kappa shape index (κ2) is 58.4. The normalized spacial score (nSPS) is 18.6. The van der Waals surface area contributed by atoms with Gasteiger partial charge in [0.25, 0.3) is 0 Å². The van der Waals surface area contributed by atoms with E-state index in [1.165, 1.54) is 231 Å². The van der Waals surface area contributed by atoms with E-state index in [4.69, 9.17) is 14.2 Å². The molecule has 7 atom stereocenters. The maximum atomic E-state index is 13.0. The van der Waals surface area contributed by atoms with Crippen LogP contribution in [0.2, 0.25) is 0 Å². The average molecular weight is 1130 g/mol. The third-order valence-corrected chi connectivity index (χ3v) is 16.0. The fourth-order valence-corrected chi connectivity index (χ4v) is 10.6. The largest absolute Gasteiger partial charge is 0.466 e. The van der Waals surface area contributed by atoms with Gasteiger partial charge < -0.3 is 45.1 Å². The van der Waals surface area contributed by atoms with E-state index in [1.54, 1.807) is 6.08 Å². The summed E-state index contributed by atoms with van der Waals surface area (Å²) < 4.78 is 16.7. The molecule has 80 heavy (non-hydrogen) atoms. The van der Waals surface area contributed by atoms with Gasteiger partial charge in [-0.15, -0.1) is 0 Å². The van der Waals surface area contributed by atoms with Crippen molar-refractivity contribution in [3.63, 3.8) is 0 Å². The summed E-state index contributed by atoms with van der Waals surface area (Å²) in [6, 6.07) is -0.831. The first kappa shape index (κ1) is 75.6. The highest BCUT2D eigenvalue weighted by molar-refractivity contribution is 5.76. The lowest BCUT2D eigenvalue weighted by Crippen LogP contribution is -2.60. The average Bonchev–Trinajstić information content (AvgIpc) is 3.45. The molecule has 468 valence electrons. The summed E-state index contributed by atoms with van der Waals surface area (Å²) >= 11 is 0. The van der Waals surface area contributed by atoms with Crippen LogP contribution in [0.5, 0.6) is 0 Å². The Kier molecular flexibility index (Phi) is 55.2. The molecule has 0 aliphatic carbocycles. The Hall–Kier alpha value is -2.38. The van der Waals surface area contributed by atoms with Gasteiger partial charge in [-0.05, 0) is 77.6 Å². The Morgan fingerprint density at radius 3 is 1.31 bits per heavy atom. The van der Waals surface area contributed by atoms with Gasteiger partial charge in [-0.3, -0.25) is 9.59 Å². The molecule has 11 heteroatoms. The zero-order chi connectivity index (χ0) is 58.0. The van der Waals surface area contributed by atoms with E-state index in [9.17, 15) is 35.1 Å². The monoisotopic (exact) mass is 1130 g/mol. The summed E-state index contributed by atoms with van der Waals surface area (Å²) in [6.45, 7) is 4.11. The van der Waals surface area contributed by atoms with Gasteiger partial charge in [-0.1, -0.05) is 274 Å². The van der Waals surface area contributed by atoms with Crippen LogP contribution >= 0.6 is 0 Å². The molecule has 6 N–H and O–H groups in total. The van der Waals surface area contributed by atoms with Gasteiger partial charge >= 0.3 is 5.97 Å². The predicted molar refractivity (Wildman–Crippen MR) is 334 cm³/mol. The molecule has 1 heterocycles. The highest BCUT2D eigenvalue weighted by Crippen LogP contribution is 2.23. The van der Waals surface area contributed by atoms with Crippen molar-refractivity contribution >= 4 is 11.9 Å². The molecule has 0 aromatic heterocycles. The number of esters is 1. The van der Waals surface area contributed by atoms with Crippen molar-refractivity contribution in [2.75, 3.05) is 19.8 Å². The fourth-order valence-electron chi connectivity index (χ4n) is 10.6. The molecule has 0 saturated carbocycles. The van der Waals surface area contributed by atoms with Gasteiger partial charge in [-0.25, -0.2) is 0 Å². The molecule has 0 aromatic rings. The Morgan fingerprint density at radius 1 is 0.475 bits per heavy atom. The summed E-state index contributed by atoms with van der Waals surface area (Å²) in [5.41, 5.74) is 0. The Morgan fingerprint density at radius 2 is 0.863 bits per heavy atom. The molecule has 0 aromatic carbocycles. The molecular formula is C69H127NO10. The van der Waals surface area contributed by atoms with Crippen LogP contribution in [0.1, 0.15) is 316 Å². The second-order valence-electron chi connectivity index (χ2n) is 23.5. The number of rotatable bonds is 59. The van der Waals surface area contributed by atoms with E-state index in [1.807, 2.05) is 19.1 Å². The van der Waals surface area contributed by atoms with Crippen molar-refractivity contribution in [1.82, 2.24) is 5.32 Å². The van der Waals surface area contributed by atoms with E-state index < -0.39 is 49.5 Å². The third-order valence-electron chi connectivity index (χ3n) is 16.0. The summed E-state index contributed by atoms with van der Waals surface area (Å²) in [6.07, 6.45) is 65.7. The highest BCUT2D eigenvalue weighted by atomic mass is 16.7. The molecule has 7 unspecified atom stereocenters. The molecule has 0 spiro atoms. The topological polar surface area (TPSA) is 175 Å². The van der Waals surface area contributed by atoms with Gasteiger partial charge in [-0.2, -0.15) is 0 Å². The summed E-state index contributed by atoms with van der Waals surface area (Å²) in [5, 5.41) is 54.2. The molecule has 1 saturated heterocycles. The van der Waals surface area contributed by atoms with Crippen LogP contribution in [0.4, 0.5) is 0 Å². The number of ether oxygens (including phenoxy) is 3. The van der Waals surface area contributed by atoms with Gasteiger partial charge in [0.2, 0.25) is 5.91 Å². The van der Waals surface area contributed by atoms with Crippen molar-refractivity contribution in [2.24, 2.45) is 0 Å². The number of unbranched alkanes of at least 4 members (excludes halogenated alkanes) is 40. The minimum Gasteiger partial charge on any atom is -0.466 e. The number of aliphatic hydroxyl groups excluding tert-OH is 5. The van der Waals surface area contributed by atoms with E-state index in [0.717, 1.165) is 57.8 Å². The molecule has 0 bridgehead atoms. The lowest BCUT2D eigenvalue weighted by molar-refractivity contribution is -0.302. The molecular weight excluding hydrogens is 1000 g/mol. The van der Waals surface area contributed by atoms with Gasteiger partial charge in [0.15, 0.2) is 6.29 Å². The van der Waals surface area contributed by atoms with E-state index in [-0.39, 0.29) is 18.5 Å². The van der Waals surface area contributed by atoms with Crippen LogP contribution in [0.25, 0.3) is 0 Å². The van der Waals surface area contributed by atoms with Crippen LogP contribution < -0.4 is 5.32 Å². The number of aliphatic hydroxyl groups is 5. The number of carbonyl (C=O) groups is 2. The highest BCUT2D eigenvalue weighted by Gasteiger charge is 2.44. The second-order valence-corrected chi connectivity index (χ2v) is 23.5. The molecule has 1 aliphatic rings. The van der Waals surface area contributed by atoms with Crippen molar-refractivity contribution < 1.29 is 49.3 Å². The van der Waals surface area contributed by atoms with E-state index in [2.05, 4.69) is 42.6 Å². The van der Waals surface area contributed by atoms with E-state index in [0.29, 0.717) is 19.4 Å². The molecule has 1 rings (SSSR count). The fraction of sp³-hybridized carbons (Fsp3) is 0.855. The summed E-state index contributed by atoms with van der Waals surface area (Å²) in [4.78, 5) is 25.0. The third kappa shape index (κ3) is 47.0. The van der Waals surface area contributed by atoms with Gasteiger partial charge in [0.05, 0.1) is 32.0 Å². The number of amides is 1. The minimum absolute atomic E-state index is 0.00973. The molecule has 0 radical (unpaired) electrons. The Bertz CT molecular complexity index is 1470. The predicted octanol–water partition coefficient (Wildman–Crippen LogP) is 16.8. The Labute approximate surface area is 491 Å². The number of nitrogens with one attached hydrogen (secondary N) is 1. The number of carbonyl (C=O) groups excluding carboxylic acids is 2. The number of hydrogen-bond donors (Lipinski definition) is 6. The van der Waals surface area contributed by atoms with Gasteiger partial charge in [0.1, 0.15) is 24.4 Å². The maximum absolute atomic E-state index is 13.0. The van der Waals surface area contributed by atoms with E-state index >= 15 is 0 Å². The zero-order valence-electron chi connectivity index (χ0n) is 51.8. The zero-order valence-corrected chi connectivity index (χ0v) is 51.8. The van der Waals surface area contributed by atoms with Crippen molar-refractivity contribution in [3.8, 4) is 0 Å². The van der Waals surface area contributed by atoms with Crippen molar-refractivity contribution in [3.05, 3.63) is 48.6 Å². The quantitative estimate of drug-likeness (QED) is 0.0195. The van der Waals surface area contributed by atoms with Crippen LogP contribution in [0, 0.1) is 0 Å². The van der Waals surface area contributed by atoms with Crippen molar-refractivity contribution in [1.29, 1.82) is 0 Å². The SMILES string of the molecule is C/C=C/CC/C=C/CC/C=C/C(O)C(COC1OC(CO)C(O)C(O)C1O)NC(=O)CCCCCCCCCCCCCCCCCC/C=C\CCCCCCCCCCCCCCOC(=O)CCCCCCCCCCCCC. The molecule has 11 nitrogen and oxygen atoms in total. The lowest BCUT2D eigenvalue weighted by atomic mass is 9.99. The first-order valence-corrected chi connectivity index (χ1v) is 33.9.